The monoisotopic (exact) mass is 250 g/mol. The summed E-state index contributed by atoms with van der Waals surface area (Å²) in [5, 5.41) is 11.6. The Labute approximate surface area is 106 Å². The van der Waals surface area contributed by atoms with Gasteiger partial charge in [-0.15, -0.1) is 0 Å². The van der Waals surface area contributed by atoms with Crippen molar-refractivity contribution in [3.05, 3.63) is 12.2 Å². The molecule has 0 aromatic rings. The van der Waals surface area contributed by atoms with Gasteiger partial charge in [-0.3, -0.25) is 14.5 Å². The molecule has 2 amide bonds. The van der Waals surface area contributed by atoms with E-state index < -0.39 is 0 Å². The Morgan fingerprint density at radius 3 is 2.33 bits per heavy atom. The molecule has 2 fully saturated rings. The highest BCUT2D eigenvalue weighted by Gasteiger charge is 2.58. The van der Waals surface area contributed by atoms with E-state index in [0.717, 1.165) is 6.42 Å². The van der Waals surface area contributed by atoms with Gasteiger partial charge in [-0.2, -0.15) is 0 Å². The molecule has 1 aliphatic heterocycles. The molecular weight excluding hydrogens is 232 g/mol. The molecule has 1 saturated carbocycles. The van der Waals surface area contributed by atoms with E-state index in [1.54, 1.807) is 0 Å². The van der Waals surface area contributed by atoms with Crippen LogP contribution in [0.4, 0.5) is 0 Å². The van der Waals surface area contributed by atoms with Crippen LogP contribution in [0.5, 0.6) is 0 Å². The standard InChI is InChI=1S/C13H18N2O3/c16-6-4-14-3-5-15-12(17)10-8-1-2-9(7-8)11(10)13(15)18/h1-2,8-11,14,16H,3-7H2/t8-,9-,10+,11+/m0/s1. The van der Waals surface area contributed by atoms with E-state index in [2.05, 4.69) is 17.5 Å². The van der Waals surface area contributed by atoms with Gasteiger partial charge in [0.15, 0.2) is 0 Å². The Morgan fingerprint density at radius 2 is 1.78 bits per heavy atom. The quantitative estimate of drug-likeness (QED) is 0.387. The molecular formula is C13H18N2O3. The van der Waals surface area contributed by atoms with Gasteiger partial charge in [0.1, 0.15) is 0 Å². The van der Waals surface area contributed by atoms with E-state index in [4.69, 9.17) is 5.11 Å². The Balaban J connectivity index is 1.65. The van der Waals surface area contributed by atoms with Crippen LogP contribution >= 0.6 is 0 Å². The fraction of sp³-hybridized carbons (Fsp3) is 0.692. The fourth-order valence-electron chi connectivity index (χ4n) is 3.58. The lowest BCUT2D eigenvalue weighted by Crippen LogP contribution is -2.38. The van der Waals surface area contributed by atoms with Crippen LogP contribution in [-0.2, 0) is 9.59 Å². The second-order valence-electron chi connectivity index (χ2n) is 5.30. The average molecular weight is 250 g/mol. The molecule has 4 atom stereocenters. The van der Waals surface area contributed by atoms with Crippen molar-refractivity contribution in [1.29, 1.82) is 0 Å². The first-order valence-corrected chi connectivity index (χ1v) is 6.59. The van der Waals surface area contributed by atoms with E-state index in [9.17, 15) is 9.59 Å². The van der Waals surface area contributed by atoms with Crippen molar-refractivity contribution in [2.24, 2.45) is 23.7 Å². The zero-order valence-electron chi connectivity index (χ0n) is 10.2. The van der Waals surface area contributed by atoms with Gasteiger partial charge in [-0.25, -0.2) is 0 Å². The third-order valence-electron chi connectivity index (χ3n) is 4.36. The predicted molar refractivity (Wildman–Crippen MR) is 64.4 cm³/mol. The number of aliphatic hydroxyl groups is 1. The predicted octanol–water partition coefficient (Wildman–Crippen LogP) is -0.625. The van der Waals surface area contributed by atoms with Crippen LogP contribution in [0.15, 0.2) is 12.2 Å². The van der Waals surface area contributed by atoms with E-state index in [0.29, 0.717) is 19.6 Å². The molecule has 1 saturated heterocycles. The van der Waals surface area contributed by atoms with Gasteiger partial charge >= 0.3 is 0 Å². The van der Waals surface area contributed by atoms with Crippen molar-refractivity contribution in [2.75, 3.05) is 26.2 Å². The third kappa shape index (κ3) is 1.61. The lowest BCUT2D eigenvalue weighted by Gasteiger charge is -2.17. The van der Waals surface area contributed by atoms with Gasteiger partial charge in [0.25, 0.3) is 0 Å². The van der Waals surface area contributed by atoms with Crippen molar-refractivity contribution in [3.8, 4) is 0 Å². The van der Waals surface area contributed by atoms with Gasteiger partial charge in [-0.1, -0.05) is 12.2 Å². The minimum absolute atomic E-state index is 0.00708. The number of fused-ring (bicyclic) bond motifs is 5. The van der Waals surface area contributed by atoms with Crippen molar-refractivity contribution in [2.45, 2.75) is 6.42 Å². The van der Waals surface area contributed by atoms with Crippen molar-refractivity contribution < 1.29 is 14.7 Å². The molecule has 18 heavy (non-hydrogen) atoms. The molecule has 0 radical (unpaired) electrons. The van der Waals surface area contributed by atoms with Crippen LogP contribution in [-0.4, -0.2) is 48.1 Å². The summed E-state index contributed by atoms with van der Waals surface area (Å²) in [6.45, 7) is 1.54. The molecule has 5 nitrogen and oxygen atoms in total. The molecule has 1 heterocycles. The fourth-order valence-corrected chi connectivity index (χ4v) is 3.58. The number of allylic oxidation sites excluding steroid dienone is 2. The SMILES string of the molecule is O=C1[C@H]2[C@H](C(=O)N1CCNCCO)[C@H]1C=C[C@H]2C1. The maximum absolute atomic E-state index is 12.2. The number of hydrogen-bond donors (Lipinski definition) is 2. The smallest absolute Gasteiger partial charge is 0.233 e. The summed E-state index contributed by atoms with van der Waals surface area (Å²) in [4.78, 5) is 25.9. The number of imide groups is 1. The number of amides is 2. The van der Waals surface area contributed by atoms with Crippen molar-refractivity contribution in [1.82, 2.24) is 10.2 Å². The number of rotatable bonds is 5. The molecule has 0 unspecified atom stereocenters. The summed E-state index contributed by atoms with van der Waals surface area (Å²) in [6, 6.07) is 0. The Hall–Kier alpha value is -1.20. The number of nitrogens with zero attached hydrogens (tertiary/aromatic N) is 1. The van der Waals surface area contributed by atoms with Gasteiger partial charge < -0.3 is 10.4 Å². The van der Waals surface area contributed by atoms with Crippen LogP contribution in [0.1, 0.15) is 6.42 Å². The maximum atomic E-state index is 12.2. The first-order chi connectivity index (χ1) is 8.74. The molecule has 2 aliphatic carbocycles. The molecule has 2 N–H and O–H groups in total. The molecule has 5 heteroatoms. The van der Waals surface area contributed by atoms with Crippen LogP contribution in [0.3, 0.4) is 0 Å². The molecule has 98 valence electrons. The zero-order valence-corrected chi connectivity index (χ0v) is 10.2. The first kappa shape index (κ1) is 11.9. The van der Waals surface area contributed by atoms with Gasteiger partial charge in [0.2, 0.25) is 11.8 Å². The highest BCUT2D eigenvalue weighted by Crippen LogP contribution is 2.52. The number of likely N-dealkylation sites (tertiary alicyclic amines) is 1. The normalized spacial score (nSPS) is 36.8. The highest BCUT2D eigenvalue weighted by molar-refractivity contribution is 6.06. The van der Waals surface area contributed by atoms with Gasteiger partial charge in [-0.05, 0) is 18.3 Å². The van der Waals surface area contributed by atoms with E-state index in [1.165, 1.54) is 4.90 Å². The van der Waals surface area contributed by atoms with Crippen molar-refractivity contribution >= 4 is 11.8 Å². The third-order valence-corrected chi connectivity index (χ3v) is 4.36. The number of nitrogens with one attached hydrogen (secondary N) is 1. The first-order valence-electron chi connectivity index (χ1n) is 6.59. The minimum atomic E-state index is -0.0923. The summed E-state index contributed by atoms with van der Waals surface area (Å²) in [5.41, 5.74) is 0. The zero-order chi connectivity index (χ0) is 12.7. The van der Waals surface area contributed by atoms with Crippen LogP contribution < -0.4 is 5.32 Å². The van der Waals surface area contributed by atoms with Gasteiger partial charge in [0, 0.05) is 19.6 Å². The Bertz CT molecular complexity index is 377. The average Bonchev–Trinajstić information content (AvgIpc) is 3.02. The molecule has 0 aromatic heterocycles. The molecule has 3 rings (SSSR count). The van der Waals surface area contributed by atoms with Crippen molar-refractivity contribution in [3.63, 3.8) is 0 Å². The summed E-state index contributed by atoms with van der Waals surface area (Å²) < 4.78 is 0. The number of carbonyl (C=O) groups is 2. The van der Waals surface area contributed by atoms with Crippen LogP contribution in [0.2, 0.25) is 0 Å². The second kappa shape index (κ2) is 4.48. The summed E-state index contributed by atoms with van der Waals surface area (Å²) in [6.07, 6.45) is 5.18. The summed E-state index contributed by atoms with van der Waals surface area (Å²) in [7, 11) is 0. The second-order valence-corrected chi connectivity index (χ2v) is 5.30. The van der Waals surface area contributed by atoms with Crippen LogP contribution in [0, 0.1) is 23.7 Å². The number of carbonyl (C=O) groups excluding carboxylic acids is 2. The number of aliphatic hydroxyl groups excluding tert-OH is 1. The topological polar surface area (TPSA) is 69.6 Å². The largest absolute Gasteiger partial charge is 0.395 e. The molecule has 0 spiro atoms. The maximum Gasteiger partial charge on any atom is 0.233 e. The number of hydrogen-bond acceptors (Lipinski definition) is 4. The minimum Gasteiger partial charge on any atom is -0.395 e. The van der Waals surface area contributed by atoms with E-state index >= 15 is 0 Å². The summed E-state index contributed by atoms with van der Waals surface area (Å²) >= 11 is 0. The van der Waals surface area contributed by atoms with Crippen LogP contribution in [0.25, 0.3) is 0 Å². The van der Waals surface area contributed by atoms with Gasteiger partial charge in [0.05, 0.1) is 18.4 Å². The Kier molecular flexibility index (Phi) is 2.95. The lowest BCUT2D eigenvalue weighted by molar-refractivity contribution is -0.140. The Morgan fingerprint density at radius 1 is 1.17 bits per heavy atom. The lowest BCUT2D eigenvalue weighted by atomic mass is 9.85. The molecule has 0 aromatic carbocycles. The van der Waals surface area contributed by atoms with E-state index in [-0.39, 0.29) is 42.1 Å². The molecule has 2 bridgehead atoms. The molecule has 3 aliphatic rings. The highest BCUT2D eigenvalue weighted by atomic mass is 16.3. The summed E-state index contributed by atoms with van der Waals surface area (Å²) in [5.74, 6) is 0.398. The van der Waals surface area contributed by atoms with E-state index in [1.807, 2.05) is 0 Å².